The van der Waals surface area contributed by atoms with Crippen molar-refractivity contribution in [2.24, 2.45) is 11.8 Å². The molecule has 1 aromatic carbocycles. The van der Waals surface area contributed by atoms with Gasteiger partial charge in [-0.15, -0.1) is 0 Å². The molecule has 0 amide bonds. The third-order valence-corrected chi connectivity index (χ3v) is 8.92. The van der Waals surface area contributed by atoms with Crippen molar-refractivity contribution < 1.29 is 29.3 Å². The van der Waals surface area contributed by atoms with Gasteiger partial charge >= 0.3 is 0 Å². The normalized spacial score (nSPS) is 29.2. The number of rotatable bonds is 6. The summed E-state index contributed by atoms with van der Waals surface area (Å²) in [6.07, 6.45) is 9.00. The minimum atomic E-state index is -1.38. The molecule has 1 saturated carbocycles. The zero-order chi connectivity index (χ0) is 28.7. The van der Waals surface area contributed by atoms with Gasteiger partial charge in [-0.2, -0.15) is 0 Å². The van der Waals surface area contributed by atoms with Gasteiger partial charge in [0.15, 0.2) is 22.8 Å². The van der Waals surface area contributed by atoms with Crippen molar-refractivity contribution in [1.82, 2.24) is 0 Å². The number of Topliss-reactive ketones (excluding diaryl/α,β-unsaturated/α-hetero) is 2. The molecule has 6 rings (SSSR count). The highest BCUT2D eigenvalue weighted by Crippen LogP contribution is 2.68. The Labute approximate surface area is 231 Å². The Morgan fingerprint density at radius 3 is 2.10 bits per heavy atom. The molecular formula is C33H40O6. The first-order valence-corrected chi connectivity index (χ1v) is 13.9. The number of ether oxygens (including phenoxy) is 2. The molecule has 4 bridgehead atoms. The number of hydrogen-bond acceptors (Lipinski definition) is 6. The summed E-state index contributed by atoms with van der Waals surface area (Å²) in [5.74, 6) is -1.33. The lowest BCUT2D eigenvalue weighted by molar-refractivity contribution is -0.171. The highest BCUT2D eigenvalue weighted by atomic mass is 16.6. The van der Waals surface area contributed by atoms with E-state index < -0.39 is 22.7 Å². The Balaban J connectivity index is 1.82. The molecule has 6 nitrogen and oxygen atoms in total. The number of benzene rings is 1. The van der Waals surface area contributed by atoms with Crippen molar-refractivity contribution >= 4 is 11.6 Å². The number of hydrogen-bond donors (Lipinski definition) is 2. The Morgan fingerprint density at radius 2 is 1.51 bits per heavy atom. The highest BCUT2D eigenvalue weighted by Gasteiger charge is 2.81. The lowest BCUT2D eigenvalue weighted by atomic mass is 9.51. The predicted molar refractivity (Wildman–Crippen MR) is 150 cm³/mol. The molecule has 2 fully saturated rings. The van der Waals surface area contributed by atoms with Crippen LogP contribution in [0.4, 0.5) is 0 Å². The molecule has 1 spiro atoms. The van der Waals surface area contributed by atoms with Crippen LogP contribution in [0.25, 0.3) is 0 Å². The molecule has 2 heterocycles. The van der Waals surface area contributed by atoms with E-state index in [1.165, 1.54) is 0 Å². The number of carbonyl (C=O) groups excluding carboxylic acids is 2. The molecular weight excluding hydrogens is 492 g/mol. The molecule has 4 atom stereocenters. The molecule has 0 aromatic heterocycles. The molecule has 5 aliphatic rings. The summed E-state index contributed by atoms with van der Waals surface area (Å²) in [6, 6.07) is 0. The van der Waals surface area contributed by atoms with Gasteiger partial charge in [-0.1, -0.05) is 41.0 Å². The monoisotopic (exact) mass is 532 g/mol. The van der Waals surface area contributed by atoms with Crippen LogP contribution in [0.3, 0.4) is 0 Å². The Hall–Kier alpha value is -3.12. The van der Waals surface area contributed by atoms with Crippen LogP contribution in [0.1, 0.15) is 89.7 Å². The number of aromatic hydroxyl groups is 2. The summed E-state index contributed by atoms with van der Waals surface area (Å²) in [5, 5.41) is 23.0. The van der Waals surface area contributed by atoms with Crippen molar-refractivity contribution in [2.45, 2.75) is 97.9 Å². The third kappa shape index (κ3) is 3.71. The standard InChI is InChI=1S/C33H40O6/c1-17(2)9-11-21-26(34)22(12-10-18(3)4)29-25(27(21)35)28(36)23-15-20-16-24-31(7,8)39-32(30(20)37,14-13-19(5)6)33(23,24)38-29/h9-10,13,15,20,24,34-35H,11-12,14,16H2,1-8H3. The molecule has 208 valence electrons. The first kappa shape index (κ1) is 27.4. The van der Waals surface area contributed by atoms with Crippen molar-refractivity contribution in [2.75, 3.05) is 0 Å². The van der Waals surface area contributed by atoms with Crippen LogP contribution in [0, 0.1) is 11.8 Å². The van der Waals surface area contributed by atoms with Crippen LogP contribution in [0.5, 0.6) is 17.2 Å². The minimum absolute atomic E-state index is 0.0635. The van der Waals surface area contributed by atoms with Gasteiger partial charge in [0.05, 0.1) is 5.60 Å². The summed E-state index contributed by atoms with van der Waals surface area (Å²) in [6.45, 7) is 15.7. The number of carbonyl (C=O) groups is 2. The van der Waals surface area contributed by atoms with E-state index in [0.29, 0.717) is 29.5 Å². The maximum Gasteiger partial charge on any atom is 0.200 e. The van der Waals surface area contributed by atoms with E-state index >= 15 is 0 Å². The van der Waals surface area contributed by atoms with Crippen LogP contribution in [0.2, 0.25) is 0 Å². The van der Waals surface area contributed by atoms with Crippen LogP contribution < -0.4 is 4.74 Å². The smallest absolute Gasteiger partial charge is 0.200 e. The Morgan fingerprint density at radius 1 is 0.923 bits per heavy atom. The molecule has 1 saturated heterocycles. The van der Waals surface area contributed by atoms with E-state index in [-0.39, 0.29) is 53.1 Å². The quantitative estimate of drug-likeness (QED) is 0.408. The second-order valence-corrected chi connectivity index (χ2v) is 12.9. The van der Waals surface area contributed by atoms with E-state index in [9.17, 15) is 19.8 Å². The molecule has 3 aliphatic carbocycles. The number of fused-ring (bicyclic) bond motifs is 1. The predicted octanol–water partition coefficient (Wildman–Crippen LogP) is 6.48. The van der Waals surface area contributed by atoms with Crippen molar-refractivity contribution in [3.05, 3.63) is 63.3 Å². The first-order chi connectivity index (χ1) is 18.2. The Bertz CT molecular complexity index is 1410. The zero-order valence-corrected chi connectivity index (χ0v) is 24.3. The molecule has 1 aromatic rings. The number of ketones is 2. The summed E-state index contributed by atoms with van der Waals surface area (Å²) >= 11 is 0. The van der Waals surface area contributed by atoms with Crippen LogP contribution in [0.15, 0.2) is 46.6 Å². The van der Waals surface area contributed by atoms with Crippen molar-refractivity contribution in [1.29, 1.82) is 0 Å². The van der Waals surface area contributed by atoms with Gasteiger partial charge in [0.2, 0.25) is 0 Å². The molecule has 0 radical (unpaired) electrons. The average molecular weight is 533 g/mol. The van der Waals surface area contributed by atoms with Crippen molar-refractivity contribution in [3.8, 4) is 17.2 Å². The van der Waals surface area contributed by atoms with Gasteiger partial charge in [0.1, 0.15) is 22.8 Å². The third-order valence-electron chi connectivity index (χ3n) is 8.92. The van der Waals surface area contributed by atoms with Gasteiger partial charge in [0.25, 0.3) is 0 Å². The maximum absolute atomic E-state index is 14.5. The van der Waals surface area contributed by atoms with Crippen molar-refractivity contribution in [3.63, 3.8) is 0 Å². The lowest BCUT2D eigenvalue weighted by Gasteiger charge is -2.56. The van der Waals surface area contributed by atoms with Crippen LogP contribution in [-0.2, 0) is 22.4 Å². The molecule has 39 heavy (non-hydrogen) atoms. The van der Waals surface area contributed by atoms with Gasteiger partial charge in [-0.25, -0.2) is 0 Å². The molecule has 6 heteroatoms. The summed E-state index contributed by atoms with van der Waals surface area (Å²) in [4.78, 5) is 28.5. The topological polar surface area (TPSA) is 93.1 Å². The number of phenols is 2. The number of allylic oxidation sites excluding steroid dienone is 6. The van der Waals surface area contributed by atoms with Crippen LogP contribution in [-0.4, -0.2) is 38.6 Å². The second kappa shape index (κ2) is 8.95. The van der Waals surface area contributed by atoms with Gasteiger partial charge in [0, 0.05) is 35.0 Å². The fourth-order valence-electron chi connectivity index (χ4n) is 7.10. The molecule has 2 aliphatic heterocycles. The molecule has 4 unspecified atom stereocenters. The minimum Gasteiger partial charge on any atom is -0.507 e. The summed E-state index contributed by atoms with van der Waals surface area (Å²) in [7, 11) is 0. The van der Waals surface area contributed by atoms with Crippen LogP contribution >= 0.6 is 0 Å². The summed E-state index contributed by atoms with van der Waals surface area (Å²) < 4.78 is 13.7. The SMILES string of the molecule is CC(C)=CCc1c(O)c(CC=C(C)C)c2c(c1O)C(=O)C1=CC3CC4C(C)(C)OC(CC=C(C)C)(C3=O)C14O2. The van der Waals surface area contributed by atoms with E-state index in [1.54, 1.807) is 6.08 Å². The van der Waals surface area contributed by atoms with Gasteiger partial charge in [-0.05, 0) is 74.7 Å². The summed E-state index contributed by atoms with van der Waals surface area (Å²) in [5.41, 5.74) is 0.856. The van der Waals surface area contributed by atoms with E-state index in [1.807, 2.05) is 73.6 Å². The lowest BCUT2D eigenvalue weighted by Crippen LogP contribution is -2.72. The second-order valence-electron chi connectivity index (χ2n) is 12.9. The van der Waals surface area contributed by atoms with Gasteiger partial charge in [-0.3, -0.25) is 9.59 Å². The first-order valence-electron chi connectivity index (χ1n) is 13.9. The Kier molecular flexibility index (Phi) is 6.30. The van der Waals surface area contributed by atoms with E-state index in [2.05, 4.69) is 0 Å². The number of phenolic OH excluding ortho intramolecular Hbond substituents is 2. The van der Waals surface area contributed by atoms with E-state index in [4.69, 9.17) is 9.47 Å². The fraction of sp³-hybridized carbons (Fsp3) is 0.515. The maximum atomic E-state index is 14.5. The largest absolute Gasteiger partial charge is 0.507 e. The van der Waals surface area contributed by atoms with E-state index in [0.717, 1.165) is 16.7 Å². The zero-order valence-electron chi connectivity index (χ0n) is 24.3. The average Bonchev–Trinajstić information content (AvgIpc) is 2.99. The highest BCUT2D eigenvalue weighted by molar-refractivity contribution is 6.18. The van der Waals surface area contributed by atoms with Gasteiger partial charge < -0.3 is 19.7 Å². The molecule has 2 N–H and O–H groups in total. The fourth-order valence-corrected chi connectivity index (χ4v) is 7.10.